The van der Waals surface area contributed by atoms with Gasteiger partial charge in [-0.2, -0.15) is 5.26 Å². The van der Waals surface area contributed by atoms with Gasteiger partial charge in [-0.05, 0) is 50.6 Å². The largest absolute Gasteiger partial charge is 0.493 e. The molecule has 1 atom stereocenters. The number of hydrogen-bond donors (Lipinski definition) is 0. The van der Waals surface area contributed by atoms with Gasteiger partial charge >= 0.3 is 5.97 Å². The summed E-state index contributed by atoms with van der Waals surface area (Å²) in [5.74, 6) is 1.14. The Labute approximate surface area is 252 Å². The molecule has 0 saturated carbocycles. The molecule has 12 heteroatoms. The molecule has 1 aliphatic heterocycles. The van der Waals surface area contributed by atoms with Crippen molar-refractivity contribution in [1.29, 1.82) is 5.26 Å². The van der Waals surface area contributed by atoms with Crippen molar-refractivity contribution in [2.45, 2.75) is 26.8 Å². The van der Waals surface area contributed by atoms with E-state index in [4.69, 9.17) is 33.7 Å². The van der Waals surface area contributed by atoms with E-state index in [0.29, 0.717) is 62.4 Å². The second kappa shape index (κ2) is 14.5. The van der Waals surface area contributed by atoms with Crippen LogP contribution in [0.25, 0.3) is 6.08 Å². The number of carbonyl (C=O) groups excluding carboxylic acids is 1. The van der Waals surface area contributed by atoms with Gasteiger partial charge in [0.2, 0.25) is 0 Å². The lowest BCUT2D eigenvalue weighted by atomic mass is 9.94. The molecular weight excluding hydrogens is 574 g/mol. The molecule has 1 aromatic heterocycles. The lowest BCUT2D eigenvalue weighted by Gasteiger charge is -2.27. The van der Waals surface area contributed by atoms with Crippen molar-refractivity contribution < 1.29 is 33.2 Å². The quantitative estimate of drug-likeness (QED) is 0.212. The van der Waals surface area contributed by atoms with Crippen LogP contribution in [0.2, 0.25) is 0 Å². The Morgan fingerprint density at radius 3 is 2.56 bits per heavy atom. The van der Waals surface area contributed by atoms with Crippen molar-refractivity contribution >= 4 is 23.4 Å². The van der Waals surface area contributed by atoms with Gasteiger partial charge in [-0.15, -0.1) is 0 Å². The minimum absolute atomic E-state index is 0.0376. The van der Waals surface area contributed by atoms with E-state index < -0.39 is 12.0 Å². The molecule has 0 bridgehead atoms. The highest BCUT2D eigenvalue weighted by atomic mass is 32.1. The van der Waals surface area contributed by atoms with Crippen molar-refractivity contribution in [1.82, 2.24) is 4.57 Å². The van der Waals surface area contributed by atoms with E-state index >= 15 is 0 Å². The molecule has 0 unspecified atom stereocenters. The molecule has 0 spiro atoms. The number of carbonyl (C=O) groups is 1. The number of nitriles is 1. The number of ether oxygens (including phenoxy) is 6. The molecule has 0 saturated heterocycles. The number of fused-ring (bicyclic) bond motifs is 1. The molecule has 1 aliphatic rings. The SMILES string of the molecule is CCOc1cc(/C=c2/sc3n(c2=O)[C@@H](c2cccc(OC)c2OCC)C(C(=O)OCCOC)=C(C)N=3)ccc1OCC#N. The van der Waals surface area contributed by atoms with Crippen LogP contribution in [-0.2, 0) is 14.3 Å². The van der Waals surface area contributed by atoms with Gasteiger partial charge in [0.15, 0.2) is 34.4 Å². The van der Waals surface area contributed by atoms with E-state index in [1.54, 1.807) is 49.4 Å². The summed E-state index contributed by atoms with van der Waals surface area (Å²) < 4.78 is 35.2. The van der Waals surface area contributed by atoms with Crippen LogP contribution >= 0.6 is 11.3 Å². The van der Waals surface area contributed by atoms with Crippen LogP contribution in [0.15, 0.2) is 57.5 Å². The first-order valence-corrected chi connectivity index (χ1v) is 14.4. The number of aromatic nitrogens is 1. The van der Waals surface area contributed by atoms with Gasteiger partial charge in [-0.3, -0.25) is 9.36 Å². The first-order chi connectivity index (χ1) is 20.9. The Morgan fingerprint density at radius 1 is 1.07 bits per heavy atom. The Kier molecular flexibility index (Phi) is 10.6. The van der Waals surface area contributed by atoms with E-state index in [9.17, 15) is 9.59 Å². The van der Waals surface area contributed by atoms with E-state index in [1.165, 1.54) is 30.1 Å². The third kappa shape index (κ3) is 6.74. The average Bonchev–Trinajstić information content (AvgIpc) is 3.30. The lowest BCUT2D eigenvalue weighted by molar-refractivity contribution is -0.140. The Bertz CT molecular complexity index is 1730. The van der Waals surface area contributed by atoms with E-state index in [-0.39, 0.29) is 31.0 Å². The predicted molar refractivity (Wildman–Crippen MR) is 159 cm³/mol. The van der Waals surface area contributed by atoms with E-state index in [2.05, 4.69) is 4.99 Å². The molecule has 0 aliphatic carbocycles. The van der Waals surface area contributed by atoms with Crippen LogP contribution in [0.1, 0.15) is 37.9 Å². The van der Waals surface area contributed by atoms with E-state index in [0.717, 1.165) is 0 Å². The first-order valence-electron chi connectivity index (χ1n) is 13.6. The normalized spacial score (nSPS) is 14.4. The summed E-state index contributed by atoms with van der Waals surface area (Å²) in [6.07, 6.45) is 1.72. The Morgan fingerprint density at radius 2 is 1.86 bits per heavy atom. The number of benzene rings is 2. The fourth-order valence-electron chi connectivity index (χ4n) is 4.64. The van der Waals surface area contributed by atoms with Crippen molar-refractivity contribution in [3.8, 4) is 29.1 Å². The van der Waals surface area contributed by atoms with Gasteiger partial charge < -0.3 is 28.4 Å². The predicted octanol–water partition coefficient (Wildman–Crippen LogP) is 3.13. The van der Waals surface area contributed by atoms with Gasteiger partial charge in [-0.1, -0.05) is 29.5 Å². The van der Waals surface area contributed by atoms with Crippen LogP contribution in [-0.4, -0.2) is 57.8 Å². The van der Waals surface area contributed by atoms with Crippen molar-refractivity contribution in [2.24, 2.45) is 4.99 Å². The minimum atomic E-state index is -0.897. The van der Waals surface area contributed by atoms with Crippen molar-refractivity contribution in [2.75, 3.05) is 47.3 Å². The average molecular weight is 608 g/mol. The van der Waals surface area contributed by atoms with Crippen LogP contribution in [0.4, 0.5) is 0 Å². The number of rotatable bonds is 13. The fraction of sp³-hybridized carbons (Fsp3) is 0.355. The fourth-order valence-corrected chi connectivity index (χ4v) is 5.69. The smallest absolute Gasteiger partial charge is 0.338 e. The van der Waals surface area contributed by atoms with Crippen molar-refractivity contribution in [3.63, 3.8) is 0 Å². The summed E-state index contributed by atoms with van der Waals surface area (Å²) in [5, 5.41) is 8.89. The highest BCUT2D eigenvalue weighted by Crippen LogP contribution is 2.40. The molecule has 226 valence electrons. The molecule has 0 radical (unpaired) electrons. The molecule has 0 N–H and O–H groups in total. The zero-order valence-corrected chi connectivity index (χ0v) is 25.5. The summed E-state index contributed by atoms with van der Waals surface area (Å²) in [5.41, 5.74) is 1.52. The highest BCUT2D eigenvalue weighted by molar-refractivity contribution is 7.07. The molecule has 43 heavy (non-hydrogen) atoms. The molecular formula is C31H33N3O8S. The topological polar surface area (TPSA) is 131 Å². The monoisotopic (exact) mass is 607 g/mol. The maximum Gasteiger partial charge on any atom is 0.338 e. The van der Waals surface area contributed by atoms with Crippen LogP contribution in [0.3, 0.4) is 0 Å². The Hall–Kier alpha value is -4.60. The lowest BCUT2D eigenvalue weighted by Crippen LogP contribution is -2.40. The minimum Gasteiger partial charge on any atom is -0.493 e. The standard InChI is InChI=1S/C31H33N3O8S/c1-6-39-24-17-20(11-12-22(24)41-14-13-32)18-25-29(35)34-27(21-9-8-10-23(38-5)28(21)40-7-2)26(19(3)33-31(34)43-25)30(36)42-16-15-37-4/h8-12,17-18,27H,6-7,14-16H2,1-5H3/b25-18+/t27-/m0/s1. The van der Waals surface area contributed by atoms with Crippen LogP contribution in [0, 0.1) is 11.3 Å². The zero-order valence-electron chi connectivity index (χ0n) is 24.7. The van der Waals surface area contributed by atoms with Crippen LogP contribution < -0.4 is 33.8 Å². The maximum absolute atomic E-state index is 14.1. The summed E-state index contributed by atoms with van der Waals surface area (Å²) in [6, 6.07) is 11.6. The number of thiazole rings is 1. The third-order valence-corrected chi connectivity index (χ3v) is 7.42. The third-order valence-electron chi connectivity index (χ3n) is 6.43. The number of esters is 1. The number of para-hydroxylation sites is 1. The van der Waals surface area contributed by atoms with Gasteiger partial charge in [0.1, 0.15) is 18.7 Å². The summed E-state index contributed by atoms with van der Waals surface area (Å²) in [7, 11) is 3.04. The van der Waals surface area contributed by atoms with Gasteiger partial charge in [0.25, 0.3) is 5.56 Å². The molecule has 4 rings (SSSR count). The molecule has 2 aromatic carbocycles. The van der Waals surface area contributed by atoms with Gasteiger partial charge in [0, 0.05) is 12.7 Å². The summed E-state index contributed by atoms with van der Waals surface area (Å²) in [6.45, 7) is 6.25. The second-order valence-electron chi connectivity index (χ2n) is 9.11. The van der Waals surface area contributed by atoms with Crippen LogP contribution in [0.5, 0.6) is 23.0 Å². The number of methoxy groups -OCH3 is 2. The maximum atomic E-state index is 14.1. The molecule has 0 amide bonds. The molecule has 2 heterocycles. The van der Waals surface area contributed by atoms with E-state index in [1.807, 2.05) is 19.9 Å². The van der Waals surface area contributed by atoms with Gasteiger partial charge in [0.05, 0.1) is 42.7 Å². The molecule has 3 aromatic rings. The zero-order chi connectivity index (χ0) is 30.9. The van der Waals surface area contributed by atoms with Gasteiger partial charge in [-0.25, -0.2) is 9.79 Å². The summed E-state index contributed by atoms with van der Waals surface area (Å²) in [4.78, 5) is 32.6. The number of nitrogens with zero attached hydrogens (tertiary/aromatic N) is 3. The molecule has 0 fully saturated rings. The van der Waals surface area contributed by atoms with Crippen molar-refractivity contribution in [3.05, 3.63) is 78.5 Å². The highest BCUT2D eigenvalue weighted by Gasteiger charge is 2.36. The number of allylic oxidation sites excluding steroid dienone is 1. The summed E-state index contributed by atoms with van der Waals surface area (Å²) >= 11 is 1.20. The molecule has 11 nitrogen and oxygen atoms in total. The Balaban J connectivity index is 1.92. The number of hydrogen-bond acceptors (Lipinski definition) is 11. The second-order valence-corrected chi connectivity index (χ2v) is 10.1. The first kappa shape index (κ1) is 31.3.